The van der Waals surface area contributed by atoms with Gasteiger partial charge in [-0.3, -0.25) is 4.90 Å². The van der Waals surface area contributed by atoms with Crippen LogP contribution in [0.4, 0.5) is 5.82 Å². The molecule has 2 heterocycles. The molecule has 1 saturated heterocycles. The Hall–Kier alpha value is -1.67. The maximum atomic E-state index is 9.23. The van der Waals surface area contributed by atoms with Crippen molar-refractivity contribution >= 4 is 5.82 Å². The first kappa shape index (κ1) is 13.3. The molecule has 1 aromatic rings. The number of piperazine rings is 1. The van der Waals surface area contributed by atoms with Crippen molar-refractivity contribution in [1.29, 1.82) is 5.26 Å². The number of fused-ring (bicyclic) bond motifs is 1. The third-order valence-electron chi connectivity index (χ3n) is 4.50. The first-order valence-electron chi connectivity index (χ1n) is 7.36. The van der Waals surface area contributed by atoms with Crippen molar-refractivity contribution in [3.63, 3.8) is 0 Å². The molecule has 5 nitrogen and oxygen atoms in total. The van der Waals surface area contributed by atoms with Crippen LogP contribution in [-0.4, -0.2) is 46.6 Å². The van der Waals surface area contributed by atoms with Gasteiger partial charge in [-0.2, -0.15) is 5.26 Å². The van der Waals surface area contributed by atoms with Crippen LogP contribution in [0.1, 0.15) is 31.5 Å². The van der Waals surface area contributed by atoms with Crippen molar-refractivity contribution in [2.24, 2.45) is 0 Å². The Labute approximate surface area is 120 Å². The van der Waals surface area contributed by atoms with Crippen LogP contribution < -0.4 is 4.90 Å². The van der Waals surface area contributed by atoms with Crippen LogP contribution >= 0.6 is 0 Å². The molecule has 1 fully saturated rings. The Bertz CT molecular complexity index is 538. The largest absolute Gasteiger partial charge is 0.354 e. The van der Waals surface area contributed by atoms with Gasteiger partial charge in [0, 0.05) is 37.4 Å². The Kier molecular flexibility index (Phi) is 3.35. The fraction of sp³-hybridized carbons (Fsp3) is 0.667. The smallest absolute Gasteiger partial charge is 0.135 e. The minimum Gasteiger partial charge on any atom is -0.354 e. The maximum absolute atomic E-state index is 9.23. The van der Waals surface area contributed by atoms with E-state index in [1.807, 2.05) is 13.8 Å². The summed E-state index contributed by atoms with van der Waals surface area (Å²) in [5.41, 5.74) is 2.20. The standard InChI is InChI=1S/C15H21N5/c1-15(2,10-16)20-8-6-19(7-9-20)14-12-4-3-5-13(12)17-11-18-14/h11H,3-9H2,1-2H3. The van der Waals surface area contributed by atoms with E-state index in [0.29, 0.717) is 0 Å². The van der Waals surface area contributed by atoms with E-state index in [2.05, 4.69) is 25.8 Å². The summed E-state index contributed by atoms with van der Waals surface area (Å²) in [5.74, 6) is 1.13. The van der Waals surface area contributed by atoms with E-state index in [0.717, 1.165) is 44.8 Å². The average molecular weight is 271 g/mol. The van der Waals surface area contributed by atoms with Crippen LogP contribution in [0.15, 0.2) is 6.33 Å². The Balaban J connectivity index is 1.74. The van der Waals surface area contributed by atoms with E-state index in [1.165, 1.54) is 17.7 Å². The van der Waals surface area contributed by atoms with Gasteiger partial charge in [-0.05, 0) is 33.1 Å². The van der Waals surface area contributed by atoms with Crippen molar-refractivity contribution in [2.75, 3.05) is 31.1 Å². The second-order valence-corrected chi connectivity index (χ2v) is 6.12. The summed E-state index contributed by atoms with van der Waals surface area (Å²) in [7, 11) is 0. The van der Waals surface area contributed by atoms with Gasteiger partial charge in [0.05, 0.1) is 6.07 Å². The molecule has 0 saturated carbocycles. The molecule has 2 aliphatic rings. The van der Waals surface area contributed by atoms with Crippen molar-refractivity contribution in [3.05, 3.63) is 17.6 Å². The zero-order valence-corrected chi connectivity index (χ0v) is 12.3. The lowest BCUT2D eigenvalue weighted by Gasteiger charge is -2.41. The molecule has 5 heteroatoms. The number of nitrogens with zero attached hydrogens (tertiary/aromatic N) is 5. The van der Waals surface area contributed by atoms with E-state index in [1.54, 1.807) is 6.33 Å². The van der Waals surface area contributed by atoms with Gasteiger partial charge in [0.1, 0.15) is 17.7 Å². The zero-order chi connectivity index (χ0) is 14.2. The summed E-state index contributed by atoms with van der Waals surface area (Å²) in [6.07, 6.45) is 5.09. The fourth-order valence-corrected chi connectivity index (χ4v) is 3.16. The molecule has 1 aliphatic carbocycles. The van der Waals surface area contributed by atoms with Gasteiger partial charge in [0.25, 0.3) is 0 Å². The summed E-state index contributed by atoms with van der Waals surface area (Å²) < 4.78 is 0. The first-order chi connectivity index (χ1) is 9.62. The summed E-state index contributed by atoms with van der Waals surface area (Å²) in [6.45, 7) is 7.69. The summed E-state index contributed by atoms with van der Waals surface area (Å²) in [6, 6.07) is 2.39. The van der Waals surface area contributed by atoms with Crippen molar-refractivity contribution in [3.8, 4) is 6.07 Å². The minimum atomic E-state index is -0.375. The highest BCUT2D eigenvalue weighted by Crippen LogP contribution is 2.29. The molecular formula is C15H21N5. The van der Waals surface area contributed by atoms with Crippen LogP contribution in [0.3, 0.4) is 0 Å². The first-order valence-corrected chi connectivity index (χ1v) is 7.36. The van der Waals surface area contributed by atoms with Gasteiger partial charge in [0.2, 0.25) is 0 Å². The van der Waals surface area contributed by atoms with Crippen LogP contribution in [0.25, 0.3) is 0 Å². The molecule has 1 aromatic heterocycles. The SMILES string of the molecule is CC(C)(C#N)N1CCN(c2ncnc3c2CCC3)CC1. The van der Waals surface area contributed by atoms with Crippen molar-refractivity contribution in [2.45, 2.75) is 38.6 Å². The summed E-state index contributed by atoms with van der Waals surface area (Å²) in [4.78, 5) is 13.5. The lowest BCUT2D eigenvalue weighted by molar-refractivity contribution is 0.157. The van der Waals surface area contributed by atoms with Gasteiger partial charge >= 0.3 is 0 Å². The highest BCUT2D eigenvalue weighted by atomic mass is 15.3. The van der Waals surface area contributed by atoms with Crippen molar-refractivity contribution in [1.82, 2.24) is 14.9 Å². The van der Waals surface area contributed by atoms with Crippen LogP contribution in [0, 0.1) is 11.3 Å². The third-order valence-corrected chi connectivity index (χ3v) is 4.50. The third kappa shape index (κ3) is 2.25. The number of anilines is 1. The second kappa shape index (κ2) is 5.02. The average Bonchev–Trinajstić information content (AvgIpc) is 2.95. The predicted molar refractivity (Wildman–Crippen MR) is 77.5 cm³/mol. The van der Waals surface area contributed by atoms with Gasteiger partial charge in [-0.25, -0.2) is 9.97 Å². The molecule has 3 rings (SSSR count). The predicted octanol–water partition coefficient (Wildman–Crippen LogP) is 1.39. The van der Waals surface area contributed by atoms with Crippen molar-refractivity contribution < 1.29 is 0 Å². The Morgan fingerprint density at radius 3 is 2.60 bits per heavy atom. The van der Waals surface area contributed by atoms with E-state index in [4.69, 9.17) is 0 Å². The molecule has 0 spiro atoms. The lowest BCUT2D eigenvalue weighted by atomic mass is 10.0. The Morgan fingerprint density at radius 2 is 1.90 bits per heavy atom. The van der Waals surface area contributed by atoms with Crippen LogP contribution in [-0.2, 0) is 12.8 Å². The van der Waals surface area contributed by atoms with Crippen LogP contribution in [0.2, 0.25) is 0 Å². The van der Waals surface area contributed by atoms with Gasteiger partial charge in [0.15, 0.2) is 0 Å². The molecule has 0 unspecified atom stereocenters. The fourth-order valence-electron chi connectivity index (χ4n) is 3.16. The highest BCUT2D eigenvalue weighted by molar-refractivity contribution is 5.50. The van der Waals surface area contributed by atoms with Gasteiger partial charge in [-0.1, -0.05) is 0 Å². The molecule has 0 N–H and O–H groups in total. The van der Waals surface area contributed by atoms with E-state index in [9.17, 15) is 5.26 Å². The molecule has 0 amide bonds. The topological polar surface area (TPSA) is 56.1 Å². The maximum Gasteiger partial charge on any atom is 0.135 e. The van der Waals surface area contributed by atoms with Crippen LogP contribution in [0.5, 0.6) is 0 Å². The number of nitriles is 1. The highest BCUT2D eigenvalue weighted by Gasteiger charge is 2.31. The van der Waals surface area contributed by atoms with E-state index >= 15 is 0 Å². The van der Waals surface area contributed by atoms with E-state index < -0.39 is 0 Å². The molecular weight excluding hydrogens is 250 g/mol. The van der Waals surface area contributed by atoms with Gasteiger partial charge < -0.3 is 4.90 Å². The molecule has 0 aromatic carbocycles. The monoisotopic (exact) mass is 271 g/mol. The molecule has 20 heavy (non-hydrogen) atoms. The molecule has 0 atom stereocenters. The number of hydrogen-bond donors (Lipinski definition) is 0. The summed E-state index contributed by atoms with van der Waals surface area (Å²) in [5, 5.41) is 9.23. The number of aromatic nitrogens is 2. The second-order valence-electron chi connectivity index (χ2n) is 6.12. The Morgan fingerprint density at radius 1 is 1.15 bits per heavy atom. The molecule has 0 bridgehead atoms. The molecule has 0 radical (unpaired) electrons. The van der Waals surface area contributed by atoms with Gasteiger partial charge in [-0.15, -0.1) is 0 Å². The van der Waals surface area contributed by atoms with E-state index in [-0.39, 0.29) is 5.54 Å². The number of hydrogen-bond acceptors (Lipinski definition) is 5. The molecule has 106 valence electrons. The lowest BCUT2D eigenvalue weighted by Crippen LogP contribution is -2.54. The number of rotatable bonds is 2. The number of aryl methyl sites for hydroxylation is 1. The zero-order valence-electron chi connectivity index (χ0n) is 12.3. The quantitative estimate of drug-likeness (QED) is 0.813. The summed E-state index contributed by atoms with van der Waals surface area (Å²) >= 11 is 0. The normalized spacial score (nSPS) is 19.8. The molecule has 1 aliphatic heterocycles. The minimum absolute atomic E-state index is 0.375.